The van der Waals surface area contributed by atoms with Crippen LogP contribution in [0.5, 0.6) is 0 Å². The van der Waals surface area contributed by atoms with Gasteiger partial charge in [0.1, 0.15) is 0 Å². The Morgan fingerprint density at radius 3 is 1.39 bits per heavy atom. The zero-order valence-corrected chi connectivity index (χ0v) is 32.8. The Kier molecular flexibility index (Phi) is 14.3. The Bertz CT molecular complexity index is 1520. The highest BCUT2D eigenvalue weighted by molar-refractivity contribution is 5.51. The Morgan fingerprint density at radius 1 is 0.549 bits per heavy atom. The number of nitrogen functional groups attached to an aromatic ring is 2. The maximum atomic E-state index is 6.18. The van der Waals surface area contributed by atoms with Crippen molar-refractivity contribution in [2.24, 2.45) is 5.92 Å². The molecule has 2 heteroatoms. The topological polar surface area (TPSA) is 52.0 Å². The molecule has 1 aliphatic carbocycles. The minimum Gasteiger partial charge on any atom is -0.399 e. The Hall–Kier alpha value is -3.52. The fourth-order valence-electron chi connectivity index (χ4n) is 9.31. The molecule has 2 nitrogen and oxygen atoms in total. The third-order valence-corrected chi connectivity index (χ3v) is 12.4. The van der Waals surface area contributed by atoms with Gasteiger partial charge in [-0.15, -0.1) is 0 Å². The van der Waals surface area contributed by atoms with Crippen molar-refractivity contribution in [2.45, 2.75) is 155 Å². The standard InChI is InChI=1S/C49H68N2/c1-6-9-12-13-14-15-38-30-32-49(33-31-38,41-22-18-39(19-23-41)47(16-10-7-2)45-28-26-43(50)34-36(45)4)42-24-20-40(21-25-42)48(17-11-8-3)46-29-27-44(51)35-37(46)5/h18-29,34-35,38,47-48H,6-17,30-33,50-51H2,1-5H3. The van der Waals surface area contributed by atoms with Crippen molar-refractivity contribution in [1.82, 2.24) is 0 Å². The molecule has 5 rings (SSSR count). The van der Waals surface area contributed by atoms with E-state index in [1.54, 1.807) is 0 Å². The summed E-state index contributed by atoms with van der Waals surface area (Å²) in [6, 6.07) is 32.9. The second-order valence-corrected chi connectivity index (χ2v) is 16.1. The molecular formula is C49H68N2. The second kappa shape index (κ2) is 18.8. The van der Waals surface area contributed by atoms with Crippen LogP contribution in [0, 0.1) is 19.8 Å². The van der Waals surface area contributed by atoms with Crippen LogP contribution < -0.4 is 11.5 Å². The Morgan fingerprint density at radius 2 is 0.980 bits per heavy atom. The molecule has 4 aromatic carbocycles. The fraction of sp³-hybridized carbons (Fsp3) is 0.510. The van der Waals surface area contributed by atoms with E-state index in [0.29, 0.717) is 11.8 Å². The first kappa shape index (κ1) is 38.7. The van der Waals surface area contributed by atoms with Gasteiger partial charge < -0.3 is 11.5 Å². The van der Waals surface area contributed by atoms with E-state index >= 15 is 0 Å². The van der Waals surface area contributed by atoms with Gasteiger partial charge in [-0.2, -0.15) is 0 Å². The molecule has 0 heterocycles. The van der Waals surface area contributed by atoms with Crippen molar-refractivity contribution in [3.63, 3.8) is 0 Å². The molecule has 0 aliphatic heterocycles. The lowest BCUT2D eigenvalue weighted by Crippen LogP contribution is -2.33. The van der Waals surface area contributed by atoms with Crippen molar-refractivity contribution in [1.29, 1.82) is 0 Å². The van der Waals surface area contributed by atoms with E-state index in [2.05, 4.69) is 120 Å². The van der Waals surface area contributed by atoms with E-state index in [-0.39, 0.29) is 5.41 Å². The number of unbranched alkanes of at least 4 members (excludes halogenated alkanes) is 6. The maximum Gasteiger partial charge on any atom is 0.0316 e. The second-order valence-electron chi connectivity index (χ2n) is 16.1. The molecule has 0 radical (unpaired) electrons. The van der Waals surface area contributed by atoms with E-state index in [9.17, 15) is 0 Å². The molecule has 51 heavy (non-hydrogen) atoms. The highest BCUT2D eigenvalue weighted by atomic mass is 14.5. The predicted octanol–water partition coefficient (Wildman–Crippen LogP) is 13.9. The van der Waals surface area contributed by atoms with Crippen LogP contribution >= 0.6 is 0 Å². The number of hydrogen-bond acceptors (Lipinski definition) is 2. The average molecular weight is 685 g/mol. The highest BCUT2D eigenvalue weighted by Gasteiger charge is 2.38. The maximum absolute atomic E-state index is 6.18. The third-order valence-electron chi connectivity index (χ3n) is 12.4. The minimum absolute atomic E-state index is 0.0574. The van der Waals surface area contributed by atoms with Crippen LogP contribution in [-0.2, 0) is 5.41 Å². The van der Waals surface area contributed by atoms with Gasteiger partial charge in [-0.3, -0.25) is 0 Å². The molecule has 0 aromatic heterocycles. The van der Waals surface area contributed by atoms with Crippen LogP contribution in [0.25, 0.3) is 0 Å². The van der Waals surface area contributed by atoms with Crippen LogP contribution in [0.1, 0.15) is 180 Å². The normalized spacial score (nSPS) is 18.8. The van der Waals surface area contributed by atoms with Gasteiger partial charge in [-0.25, -0.2) is 0 Å². The van der Waals surface area contributed by atoms with Crippen LogP contribution in [0.3, 0.4) is 0 Å². The van der Waals surface area contributed by atoms with Gasteiger partial charge >= 0.3 is 0 Å². The van der Waals surface area contributed by atoms with E-state index in [1.807, 2.05) is 0 Å². The molecule has 4 N–H and O–H groups in total. The lowest BCUT2D eigenvalue weighted by atomic mass is 9.62. The largest absolute Gasteiger partial charge is 0.399 e. The van der Waals surface area contributed by atoms with E-state index < -0.39 is 0 Å². The number of benzene rings is 4. The molecule has 0 saturated heterocycles. The Balaban J connectivity index is 1.46. The SMILES string of the molecule is CCCCCCCC1CCC(c2ccc(C(CCCC)c3ccc(N)cc3C)cc2)(c2ccc(C(CCCC)c3ccc(N)cc3C)cc2)CC1. The van der Waals surface area contributed by atoms with Gasteiger partial charge in [-0.1, -0.05) is 146 Å². The van der Waals surface area contributed by atoms with Gasteiger partial charge in [0.25, 0.3) is 0 Å². The summed E-state index contributed by atoms with van der Waals surface area (Å²) in [6.07, 6.45) is 20.6. The molecule has 0 bridgehead atoms. The predicted molar refractivity (Wildman–Crippen MR) is 223 cm³/mol. The summed E-state index contributed by atoms with van der Waals surface area (Å²) >= 11 is 0. The van der Waals surface area contributed by atoms with Gasteiger partial charge in [0.2, 0.25) is 0 Å². The summed E-state index contributed by atoms with van der Waals surface area (Å²) in [5.41, 5.74) is 25.4. The first-order valence-corrected chi connectivity index (χ1v) is 20.7. The highest BCUT2D eigenvalue weighted by Crippen LogP contribution is 2.48. The number of aryl methyl sites for hydroxylation is 2. The monoisotopic (exact) mass is 685 g/mol. The summed E-state index contributed by atoms with van der Waals surface area (Å²) in [6.45, 7) is 11.4. The first-order valence-electron chi connectivity index (χ1n) is 20.7. The van der Waals surface area contributed by atoms with Crippen molar-refractivity contribution < 1.29 is 0 Å². The summed E-state index contributed by atoms with van der Waals surface area (Å²) in [4.78, 5) is 0. The molecule has 0 spiro atoms. The van der Waals surface area contributed by atoms with Crippen molar-refractivity contribution in [3.05, 3.63) is 129 Å². The number of hydrogen-bond donors (Lipinski definition) is 2. The molecular weight excluding hydrogens is 617 g/mol. The number of anilines is 2. The molecule has 1 fully saturated rings. The van der Waals surface area contributed by atoms with Gasteiger partial charge in [0.15, 0.2) is 0 Å². The van der Waals surface area contributed by atoms with Crippen LogP contribution in [-0.4, -0.2) is 0 Å². The molecule has 1 aliphatic rings. The van der Waals surface area contributed by atoms with E-state index in [0.717, 1.165) is 17.3 Å². The summed E-state index contributed by atoms with van der Waals surface area (Å²) < 4.78 is 0. The quantitative estimate of drug-likeness (QED) is 0.0809. The molecule has 274 valence electrons. The fourth-order valence-corrected chi connectivity index (χ4v) is 9.31. The van der Waals surface area contributed by atoms with Crippen molar-refractivity contribution >= 4 is 11.4 Å². The number of rotatable bonds is 18. The van der Waals surface area contributed by atoms with E-state index in [1.165, 1.54) is 147 Å². The molecule has 0 amide bonds. The molecule has 2 unspecified atom stereocenters. The van der Waals surface area contributed by atoms with Crippen LogP contribution in [0.2, 0.25) is 0 Å². The van der Waals surface area contributed by atoms with Gasteiger partial charge in [-0.05, 0) is 127 Å². The molecule has 2 atom stereocenters. The number of nitrogens with two attached hydrogens (primary N) is 2. The van der Waals surface area contributed by atoms with Crippen molar-refractivity contribution in [2.75, 3.05) is 11.5 Å². The van der Waals surface area contributed by atoms with Crippen LogP contribution in [0.15, 0.2) is 84.9 Å². The smallest absolute Gasteiger partial charge is 0.0316 e. The lowest BCUT2D eigenvalue weighted by molar-refractivity contribution is 0.250. The van der Waals surface area contributed by atoms with E-state index in [4.69, 9.17) is 11.5 Å². The molecule has 4 aromatic rings. The van der Waals surface area contributed by atoms with Gasteiger partial charge in [0.05, 0.1) is 0 Å². The van der Waals surface area contributed by atoms with Crippen molar-refractivity contribution in [3.8, 4) is 0 Å². The zero-order chi connectivity index (χ0) is 36.2. The van der Waals surface area contributed by atoms with Crippen LogP contribution in [0.4, 0.5) is 11.4 Å². The Labute approximate surface area is 311 Å². The third kappa shape index (κ3) is 9.68. The first-order chi connectivity index (χ1) is 24.8. The molecule has 1 saturated carbocycles. The average Bonchev–Trinajstić information content (AvgIpc) is 3.14. The summed E-state index contributed by atoms with van der Waals surface area (Å²) in [5, 5.41) is 0. The minimum atomic E-state index is 0.0574. The lowest BCUT2D eigenvalue weighted by Gasteiger charge is -2.42. The summed E-state index contributed by atoms with van der Waals surface area (Å²) in [5.74, 6) is 1.65. The zero-order valence-electron chi connectivity index (χ0n) is 32.8. The van der Waals surface area contributed by atoms with Gasteiger partial charge in [0, 0.05) is 28.6 Å². The summed E-state index contributed by atoms with van der Waals surface area (Å²) in [7, 11) is 0.